The van der Waals surface area contributed by atoms with E-state index in [-0.39, 0.29) is 24.1 Å². The lowest BCUT2D eigenvalue weighted by Gasteiger charge is -2.14. The molecule has 0 aliphatic carbocycles. The van der Waals surface area contributed by atoms with Crippen molar-refractivity contribution >= 4 is 29.1 Å². The van der Waals surface area contributed by atoms with Gasteiger partial charge in [0, 0.05) is 30.3 Å². The number of hydrogen-bond acceptors (Lipinski definition) is 5. The monoisotopic (exact) mass is 413 g/mol. The van der Waals surface area contributed by atoms with Crippen molar-refractivity contribution in [2.45, 2.75) is 26.7 Å². The van der Waals surface area contributed by atoms with Crippen molar-refractivity contribution in [3.05, 3.63) is 47.5 Å². The molecule has 0 aromatic heterocycles. The number of aryl methyl sites for hydroxylation is 1. The SMILES string of the molecule is CCNC(=O)Nc1ccc(CCC(=O)Nc2cc(OC)c(OC)cc2C(C)=O)cc1. The zero-order valence-corrected chi connectivity index (χ0v) is 17.6. The number of ketones is 1. The molecule has 160 valence electrons. The van der Waals surface area contributed by atoms with E-state index in [1.807, 2.05) is 19.1 Å². The summed E-state index contributed by atoms with van der Waals surface area (Å²) in [5, 5.41) is 8.16. The van der Waals surface area contributed by atoms with Crippen LogP contribution in [-0.2, 0) is 11.2 Å². The second kappa shape index (κ2) is 10.8. The van der Waals surface area contributed by atoms with E-state index >= 15 is 0 Å². The van der Waals surface area contributed by atoms with Gasteiger partial charge in [-0.2, -0.15) is 0 Å². The average molecular weight is 413 g/mol. The number of Topliss-reactive ketones (excluding diaryl/α,β-unsaturated/α-hetero) is 1. The van der Waals surface area contributed by atoms with Crippen LogP contribution in [0.3, 0.4) is 0 Å². The Labute approximate surface area is 175 Å². The van der Waals surface area contributed by atoms with E-state index in [0.29, 0.717) is 41.4 Å². The first-order valence-electron chi connectivity index (χ1n) is 9.58. The molecular formula is C22H27N3O5. The Morgan fingerprint density at radius 2 is 1.57 bits per heavy atom. The molecule has 2 aromatic carbocycles. The molecule has 0 spiro atoms. The Bertz CT molecular complexity index is 910. The minimum Gasteiger partial charge on any atom is -0.493 e. The maximum Gasteiger partial charge on any atom is 0.319 e. The molecule has 0 heterocycles. The number of carbonyl (C=O) groups is 3. The van der Waals surface area contributed by atoms with E-state index in [9.17, 15) is 14.4 Å². The molecule has 0 saturated carbocycles. The summed E-state index contributed by atoms with van der Waals surface area (Å²) in [4.78, 5) is 35.9. The van der Waals surface area contributed by atoms with Crippen LogP contribution in [0.2, 0.25) is 0 Å². The zero-order valence-electron chi connectivity index (χ0n) is 17.6. The first-order chi connectivity index (χ1) is 14.4. The van der Waals surface area contributed by atoms with Crippen LogP contribution >= 0.6 is 0 Å². The molecule has 3 N–H and O–H groups in total. The number of amides is 3. The quantitative estimate of drug-likeness (QED) is 0.545. The van der Waals surface area contributed by atoms with Gasteiger partial charge in [-0.3, -0.25) is 9.59 Å². The van der Waals surface area contributed by atoms with Gasteiger partial charge >= 0.3 is 6.03 Å². The van der Waals surface area contributed by atoms with Crippen molar-refractivity contribution < 1.29 is 23.9 Å². The van der Waals surface area contributed by atoms with Crippen molar-refractivity contribution in [3.8, 4) is 11.5 Å². The Hall–Kier alpha value is -3.55. The number of carbonyl (C=O) groups excluding carboxylic acids is 3. The molecule has 2 aromatic rings. The van der Waals surface area contributed by atoms with E-state index in [2.05, 4.69) is 16.0 Å². The third-order valence-corrected chi connectivity index (χ3v) is 4.37. The second-order valence-corrected chi connectivity index (χ2v) is 6.54. The first kappa shape index (κ1) is 22.7. The molecule has 8 nitrogen and oxygen atoms in total. The van der Waals surface area contributed by atoms with Gasteiger partial charge in [0.1, 0.15) is 0 Å². The van der Waals surface area contributed by atoms with E-state index in [1.165, 1.54) is 21.1 Å². The smallest absolute Gasteiger partial charge is 0.319 e. The lowest BCUT2D eigenvalue weighted by atomic mass is 10.1. The molecule has 30 heavy (non-hydrogen) atoms. The van der Waals surface area contributed by atoms with E-state index < -0.39 is 0 Å². The highest BCUT2D eigenvalue weighted by Crippen LogP contribution is 2.33. The van der Waals surface area contributed by atoms with Gasteiger partial charge in [-0.1, -0.05) is 12.1 Å². The van der Waals surface area contributed by atoms with Crippen LogP contribution in [0, 0.1) is 0 Å². The maximum atomic E-state index is 12.4. The Morgan fingerprint density at radius 3 is 2.13 bits per heavy atom. The third-order valence-electron chi connectivity index (χ3n) is 4.37. The van der Waals surface area contributed by atoms with Gasteiger partial charge in [-0.15, -0.1) is 0 Å². The van der Waals surface area contributed by atoms with Gasteiger partial charge in [0.25, 0.3) is 0 Å². The lowest BCUT2D eigenvalue weighted by molar-refractivity contribution is -0.116. The minimum atomic E-state index is -0.263. The summed E-state index contributed by atoms with van der Waals surface area (Å²) in [5.41, 5.74) is 2.35. The number of urea groups is 1. The van der Waals surface area contributed by atoms with E-state index in [1.54, 1.807) is 24.3 Å². The number of rotatable bonds is 9. The largest absolute Gasteiger partial charge is 0.493 e. The fourth-order valence-electron chi connectivity index (χ4n) is 2.83. The summed E-state index contributed by atoms with van der Waals surface area (Å²) in [7, 11) is 2.97. The molecule has 0 bridgehead atoms. The summed E-state index contributed by atoms with van der Waals surface area (Å²) in [6.07, 6.45) is 0.741. The van der Waals surface area contributed by atoms with Crippen LogP contribution in [0.4, 0.5) is 16.2 Å². The summed E-state index contributed by atoms with van der Waals surface area (Å²) >= 11 is 0. The topological polar surface area (TPSA) is 106 Å². The lowest BCUT2D eigenvalue weighted by Crippen LogP contribution is -2.28. The molecule has 0 unspecified atom stereocenters. The first-order valence-corrected chi connectivity index (χ1v) is 9.58. The van der Waals surface area contributed by atoms with Gasteiger partial charge in [0.2, 0.25) is 5.91 Å². The normalized spacial score (nSPS) is 10.1. The molecule has 0 radical (unpaired) electrons. The summed E-state index contributed by atoms with van der Waals surface area (Å²) in [6, 6.07) is 10.1. The highest BCUT2D eigenvalue weighted by Gasteiger charge is 2.16. The molecule has 0 aliphatic rings. The van der Waals surface area contributed by atoms with Crippen molar-refractivity contribution in [3.63, 3.8) is 0 Å². The fourth-order valence-corrected chi connectivity index (χ4v) is 2.83. The van der Waals surface area contributed by atoms with Gasteiger partial charge in [0.15, 0.2) is 17.3 Å². The maximum absolute atomic E-state index is 12.4. The van der Waals surface area contributed by atoms with Gasteiger partial charge in [-0.25, -0.2) is 4.79 Å². The van der Waals surface area contributed by atoms with E-state index in [0.717, 1.165) is 5.56 Å². The third kappa shape index (κ3) is 6.23. The summed E-state index contributed by atoms with van der Waals surface area (Å²) < 4.78 is 10.5. The second-order valence-electron chi connectivity index (χ2n) is 6.54. The van der Waals surface area contributed by atoms with Gasteiger partial charge in [-0.05, 0) is 44.0 Å². The number of ether oxygens (including phenoxy) is 2. The fraction of sp³-hybridized carbons (Fsp3) is 0.318. The predicted octanol–water partition coefficient (Wildman–Crippen LogP) is 3.62. The number of methoxy groups -OCH3 is 2. The molecule has 0 atom stereocenters. The standard InChI is InChI=1S/C22H27N3O5/c1-5-23-22(28)24-16-9-6-15(7-10-16)8-11-21(27)25-18-13-20(30-4)19(29-3)12-17(18)14(2)26/h6-7,9-10,12-13H,5,8,11H2,1-4H3,(H,25,27)(H2,23,24,28). The van der Waals surface area contributed by atoms with Crippen molar-refractivity contribution in [2.75, 3.05) is 31.4 Å². The minimum absolute atomic E-state index is 0.193. The molecule has 0 fully saturated rings. The van der Waals surface area contributed by atoms with E-state index in [4.69, 9.17) is 9.47 Å². The summed E-state index contributed by atoms with van der Waals surface area (Å²) in [6.45, 7) is 3.81. The van der Waals surface area contributed by atoms with Crippen LogP contribution < -0.4 is 25.4 Å². The molecule has 8 heteroatoms. The molecule has 0 aliphatic heterocycles. The Balaban J connectivity index is 2.01. The zero-order chi connectivity index (χ0) is 22.1. The molecule has 0 saturated heterocycles. The van der Waals surface area contributed by atoms with Crippen molar-refractivity contribution in [1.82, 2.24) is 5.32 Å². The van der Waals surface area contributed by atoms with Crippen molar-refractivity contribution in [1.29, 1.82) is 0 Å². The number of hydrogen-bond donors (Lipinski definition) is 3. The van der Waals surface area contributed by atoms with Crippen LogP contribution in [-0.4, -0.2) is 38.5 Å². The molecular weight excluding hydrogens is 386 g/mol. The van der Waals surface area contributed by atoms with Crippen LogP contribution in [0.1, 0.15) is 36.2 Å². The Morgan fingerprint density at radius 1 is 0.933 bits per heavy atom. The highest BCUT2D eigenvalue weighted by atomic mass is 16.5. The predicted molar refractivity (Wildman–Crippen MR) is 116 cm³/mol. The average Bonchev–Trinajstić information content (AvgIpc) is 2.72. The number of anilines is 2. The summed E-state index contributed by atoms with van der Waals surface area (Å²) in [5.74, 6) is 0.422. The van der Waals surface area contributed by atoms with Crippen LogP contribution in [0.5, 0.6) is 11.5 Å². The number of benzene rings is 2. The van der Waals surface area contributed by atoms with Gasteiger partial charge in [0.05, 0.1) is 19.9 Å². The Kier molecular flexibility index (Phi) is 8.22. The van der Waals surface area contributed by atoms with Crippen LogP contribution in [0.25, 0.3) is 0 Å². The molecule has 3 amide bonds. The highest BCUT2D eigenvalue weighted by molar-refractivity contribution is 6.04. The number of nitrogens with one attached hydrogen (secondary N) is 3. The molecule has 2 rings (SSSR count). The van der Waals surface area contributed by atoms with Crippen LogP contribution in [0.15, 0.2) is 36.4 Å². The van der Waals surface area contributed by atoms with Crippen molar-refractivity contribution in [2.24, 2.45) is 0 Å². The van der Waals surface area contributed by atoms with Gasteiger partial charge < -0.3 is 25.4 Å².